The molecule has 0 bridgehead atoms. The van der Waals surface area contributed by atoms with E-state index in [9.17, 15) is 14.7 Å². The van der Waals surface area contributed by atoms with Gasteiger partial charge in [-0.15, -0.1) is 10.2 Å². The van der Waals surface area contributed by atoms with Gasteiger partial charge in [0.25, 0.3) is 0 Å². The van der Waals surface area contributed by atoms with Crippen LogP contribution >= 0.6 is 23.4 Å². The summed E-state index contributed by atoms with van der Waals surface area (Å²) in [6, 6.07) is 16.3. The van der Waals surface area contributed by atoms with Crippen molar-refractivity contribution in [1.82, 2.24) is 19.3 Å². The Balaban J connectivity index is 1.65. The van der Waals surface area contributed by atoms with Gasteiger partial charge in [-0.3, -0.25) is 0 Å². The third kappa shape index (κ3) is 5.69. The summed E-state index contributed by atoms with van der Waals surface area (Å²) in [6.45, 7) is 8.47. The van der Waals surface area contributed by atoms with Gasteiger partial charge in [0.1, 0.15) is 4.91 Å². The van der Waals surface area contributed by atoms with Crippen LogP contribution in [-0.4, -0.2) is 43.0 Å². The van der Waals surface area contributed by atoms with Crippen LogP contribution in [0.3, 0.4) is 0 Å². The highest BCUT2D eigenvalue weighted by Crippen LogP contribution is 2.32. The maximum Gasteiger partial charge on any atom is 0.342 e. The number of benzene rings is 2. The Morgan fingerprint density at radius 2 is 1.74 bits per heavy atom. The standard InChI is InChI=1S/C28H27ClN4O4S/c1-5-32-25(19-7-11-22(29)12-8-19)30-31-28(32)38-24(26(34)35)16-21-15-17(3)33(18(21)4)23-13-9-20(10-14-23)27(36)37-6-2/h7-16H,5-6H2,1-4H3,(H,34,35)/b24-16-. The summed E-state index contributed by atoms with van der Waals surface area (Å²) in [6.07, 6.45) is 1.65. The van der Waals surface area contributed by atoms with Crippen molar-refractivity contribution in [3.8, 4) is 17.1 Å². The molecule has 196 valence electrons. The molecule has 38 heavy (non-hydrogen) atoms. The first-order valence-corrected chi connectivity index (χ1v) is 13.2. The van der Waals surface area contributed by atoms with Crippen LogP contribution in [0.4, 0.5) is 0 Å². The third-order valence-electron chi connectivity index (χ3n) is 5.94. The van der Waals surface area contributed by atoms with E-state index < -0.39 is 5.97 Å². The summed E-state index contributed by atoms with van der Waals surface area (Å²) in [5, 5.41) is 19.7. The van der Waals surface area contributed by atoms with E-state index >= 15 is 0 Å². The second kappa shape index (κ2) is 11.7. The predicted molar refractivity (Wildman–Crippen MR) is 149 cm³/mol. The van der Waals surface area contributed by atoms with Crippen molar-refractivity contribution in [1.29, 1.82) is 0 Å². The highest BCUT2D eigenvalue weighted by atomic mass is 35.5. The number of carbonyl (C=O) groups is 2. The number of aromatic nitrogens is 4. The van der Waals surface area contributed by atoms with Gasteiger partial charge in [0, 0.05) is 34.2 Å². The van der Waals surface area contributed by atoms with Gasteiger partial charge in [-0.1, -0.05) is 11.6 Å². The van der Waals surface area contributed by atoms with E-state index in [0.717, 1.165) is 40.0 Å². The Morgan fingerprint density at radius 1 is 1.05 bits per heavy atom. The van der Waals surface area contributed by atoms with E-state index in [2.05, 4.69) is 10.2 Å². The van der Waals surface area contributed by atoms with Crippen molar-refractivity contribution in [3.63, 3.8) is 0 Å². The molecule has 0 radical (unpaired) electrons. The zero-order valence-corrected chi connectivity index (χ0v) is 23.0. The van der Waals surface area contributed by atoms with Gasteiger partial charge in [-0.25, -0.2) is 9.59 Å². The lowest BCUT2D eigenvalue weighted by Gasteiger charge is -2.11. The summed E-state index contributed by atoms with van der Waals surface area (Å²) >= 11 is 7.07. The van der Waals surface area contributed by atoms with Gasteiger partial charge in [-0.05, 0) is 106 Å². The number of hydrogen-bond acceptors (Lipinski definition) is 6. The monoisotopic (exact) mass is 550 g/mol. The number of halogens is 1. The van der Waals surface area contributed by atoms with Crippen molar-refractivity contribution in [2.45, 2.75) is 39.4 Å². The first-order chi connectivity index (χ1) is 18.2. The Bertz CT molecular complexity index is 1510. The van der Waals surface area contributed by atoms with Crippen LogP contribution in [0.5, 0.6) is 0 Å². The topological polar surface area (TPSA) is 99.2 Å². The Labute approximate surface area is 229 Å². The van der Waals surface area contributed by atoms with Crippen molar-refractivity contribution in [2.24, 2.45) is 0 Å². The third-order valence-corrected chi connectivity index (χ3v) is 7.19. The molecule has 0 aliphatic heterocycles. The van der Waals surface area contributed by atoms with Crippen molar-refractivity contribution in [3.05, 3.63) is 87.0 Å². The SMILES string of the molecule is CCOC(=O)c1ccc(-n2c(C)cc(/C=C(\Sc3nnc(-c4ccc(Cl)cc4)n3CC)C(=O)O)c2C)cc1. The molecule has 4 aromatic rings. The largest absolute Gasteiger partial charge is 0.477 e. The van der Waals surface area contributed by atoms with Crippen LogP contribution in [0.2, 0.25) is 5.02 Å². The molecular formula is C28H27ClN4O4S. The quantitative estimate of drug-likeness (QED) is 0.146. The number of aliphatic carboxylic acids is 1. The van der Waals surface area contributed by atoms with Gasteiger partial charge in [0.2, 0.25) is 0 Å². The molecule has 0 atom stereocenters. The number of ether oxygens (including phenoxy) is 1. The Morgan fingerprint density at radius 3 is 2.34 bits per heavy atom. The molecule has 0 saturated heterocycles. The summed E-state index contributed by atoms with van der Waals surface area (Å²) in [5.41, 5.74) is 4.73. The minimum Gasteiger partial charge on any atom is -0.477 e. The summed E-state index contributed by atoms with van der Waals surface area (Å²) in [4.78, 5) is 24.4. The molecule has 2 heterocycles. The number of esters is 1. The molecule has 0 spiro atoms. The molecule has 4 rings (SSSR count). The number of hydrogen-bond donors (Lipinski definition) is 1. The lowest BCUT2D eigenvalue weighted by Crippen LogP contribution is -2.05. The maximum atomic E-state index is 12.2. The summed E-state index contributed by atoms with van der Waals surface area (Å²) < 4.78 is 8.95. The second-order valence-electron chi connectivity index (χ2n) is 8.40. The summed E-state index contributed by atoms with van der Waals surface area (Å²) in [5.74, 6) is -0.788. The number of aryl methyl sites for hydroxylation is 1. The molecule has 0 saturated carbocycles. The number of nitrogens with zero attached hydrogens (tertiary/aromatic N) is 4. The number of carboxylic acids is 1. The fourth-order valence-corrected chi connectivity index (χ4v) is 5.13. The second-order valence-corrected chi connectivity index (χ2v) is 9.85. The number of carboxylic acid groups (broad SMARTS) is 1. The van der Waals surface area contributed by atoms with Crippen LogP contribution in [0, 0.1) is 13.8 Å². The number of thioether (sulfide) groups is 1. The predicted octanol–water partition coefficient (Wildman–Crippen LogP) is 6.42. The molecule has 0 amide bonds. The van der Waals surface area contributed by atoms with E-state index in [1.807, 2.05) is 60.2 Å². The smallest absolute Gasteiger partial charge is 0.342 e. The van der Waals surface area contributed by atoms with E-state index in [1.54, 1.807) is 37.3 Å². The van der Waals surface area contributed by atoms with E-state index in [-0.39, 0.29) is 10.9 Å². The van der Waals surface area contributed by atoms with Crippen LogP contribution in [0.15, 0.2) is 64.7 Å². The average Bonchev–Trinajstić information content (AvgIpc) is 3.43. The van der Waals surface area contributed by atoms with Crippen LogP contribution in [-0.2, 0) is 16.1 Å². The van der Waals surface area contributed by atoms with E-state index in [1.165, 1.54) is 0 Å². The lowest BCUT2D eigenvalue weighted by atomic mass is 10.2. The molecular weight excluding hydrogens is 524 g/mol. The highest BCUT2D eigenvalue weighted by molar-refractivity contribution is 8.04. The minimum atomic E-state index is -1.06. The normalized spacial score (nSPS) is 11.6. The van der Waals surface area contributed by atoms with Crippen molar-refractivity contribution in [2.75, 3.05) is 6.61 Å². The molecule has 0 aliphatic carbocycles. The molecule has 1 N–H and O–H groups in total. The molecule has 10 heteroatoms. The van der Waals surface area contributed by atoms with Crippen molar-refractivity contribution < 1.29 is 19.4 Å². The first kappa shape index (κ1) is 27.2. The molecule has 8 nitrogen and oxygen atoms in total. The van der Waals surface area contributed by atoms with Crippen LogP contribution in [0.1, 0.15) is 41.2 Å². The fourth-order valence-electron chi connectivity index (χ4n) is 4.13. The van der Waals surface area contributed by atoms with Gasteiger partial charge in [0.05, 0.1) is 12.2 Å². The van der Waals surface area contributed by atoms with E-state index in [4.69, 9.17) is 16.3 Å². The Kier molecular flexibility index (Phi) is 8.38. The zero-order valence-electron chi connectivity index (χ0n) is 21.4. The van der Waals surface area contributed by atoms with Gasteiger partial charge in [0.15, 0.2) is 11.0 Å². The first-order valence-electron chi connectivity index (χ1n) is 12.0. The molecule has 0 unspecified atom stereocenters. The zero-order chi connectivity index (χ0) is 27.4. The van der Waals surface area contributed by atoms with Gasteiger partial charge < -0.3 is 19.0 Å². The van der Waals surface area contributed by atoms with Gasteiger partial charge in [-0.2, -0.15) is 0 Å². The molecule has 0 aliphatic rings. The van der Waals surface area contributed by atoms with Gasteiger partial charge >= 0.3 is 11.9 Å². The number of carbonyl (C=O) groups excluding carboxylic acids is 1. The highest BCUT2D eigenvalue weighted by Gasteiger charge is 2.20. The fraction of sp³-hybridized carbons (Fsp3) is 0.214. The molecule has 0 fully saturated rings. The number of rotatable bonds is 9. The minimum absolute atomic E-state index is 0.118. The van der Waals surface area contributed by atoms with E-state index in [0.29, 0.717) is 34.7 Å². The van der Waals surface area contributed by atoms with Crippen LogP contribution < -0.4 is 0 Å². The average molecular weight is 551 g/mol. The maximum absolute atomic E-state index is 12.2. The van der Waals surface area contributed by atoms with Crippen LogP contribution in [0.25, 0.3) is 23.2 Å². The molecule has 2 aromatic heterocycles. The molecule has 2 aromatic carbocycles. The van der Waals surface area contributed by atoms with Crippen molar-refractivity contribution >= 4 is 41.4 Å². The lowest BCUT2D eigenvalue weighted by molar-refractivity contribution is -0.131. The summed E-state index contributed by atoms with van der Waals surface area (Å²) in [7, 11) is 0. The Hall–Kier alpha value is -3.82.